The van der Waals surface area contributed by atoms with Crippen molar-refractivity contribution in [3.63, 3.8) is 0 Å². The van der Waals surface area contributed by atoms with Crippen molar-refractivity contribution < 1.29 is 4.42 Å². The lowest BCUT2D eigenvalue weighted by atomic mass is 10.2. The molecule has 0 fully saturated rings. The molecule has 0 bridgehead atoms. The molecule has 21 heavy (non-hydrogen) atoms. The third kappa shape index (κ3) is 1.99. The van der Waals surface area contributed by atoms with E-state index in [1.807, 2.05) is 36.4 Å². The lowest BCUT2D eigenvalue weighted by molar-refractivity contribution is 0.576. The first kappa shape index (κ1) is 12.4. The van der Waals surface area contributed by atoms with Crippen LogP contribution in [-0.4, -0.2) is 25.3 Å². The molecule has 0 atom stereocenters. The van der Waals surface area contributed by atoms with Crippen LogP contribution >= 0.6 is 11.8 Å². The Labute approximate surface area is 125 Å². The number of benzene rings is 1. The van der Waals surface area contributed by atoms with Crippen molar-refractivity contribution in [2.24, 2.45) is 0 Å². The Morgan fingerprint density at radius 1 is 1.14 bits per heavy atom. The van der Waals surface area contributed by atoms with Crippen LogP contribution in [0.25, 0.3) is 28.1 Å². The largest absolute Gasteiger partial charge is 0.461 e. The Morgan fingerprint density at radius 3 is 2.86 bits per heavy atom. The van der Waals surface area contributed by atoms with E-state index in [4.69, 9.17) is 4.42 Å². The van der Waals surface area contributed by atoms with E-state index in [1.54, 1.807) is 22.5 Å². The highest BCUT2D eigenvalue weighted by molar-refractivity contribution is 7.99. The van der Waals surface area contributed by atoms with Gasteiger partial charge in [-0.25, -0.2) is 9.97 Å². The predicted molar refractivity (Wildman–Crippen MR) is 82.4 cm³/mol. The molecule has 6 heteroatoms. The average Bonchev–Trinajstić information content (AvgIpc) is 3.17. The quantitative estimate of drug-likeness (QED) is 0.426. The molecule has 0 amide bonds. The first-order valence-electron chi connectivity index (χ1n) is 6.69. The standard InChI is InChI=1S/C15H12N4OS/c1-2-21-15-16-11-7-4-3-6-10(11)14-17-13(18-19(14)15)12-8-5-9-20-12/h3-9H,2H2,1H3. The van der Waals surface area contributed by atoms with Crippen molar-refractivity contribution in [2.45, 2.75) is 12.1 Å². The fourth-order valence-electron chi connectivity index (χ4n) is 2.26. The molecule has 1 aromatic carbocycles. The van der Waals surface area contributed by atoms with Gasteiger partial charge in [-0.1, -0.05) is 30.8 Å². The minimum atomic E-state index is 0.580. The van der Waals surface area contributed by atoms with Crippen LogP contribution in [0, 0.1) is 0 Å². The summed E-state index contributed by atoms with van der Waals surface area (Å²) in [7, 11) is 0. The molecule has 0 unspecified atom stereocenters. The summed E-state index contributed by atoms with van der Waals surface area (Å²) in [5.74, 6) is 2.17. The van der Waals surface area contributed by atoms with Gasteiger partial charge in [0.1, 0.15) is 0 Å². The molecule has 0 aliphatic heterocycles. The van der Waals surface area contributed by atoms with Gasteiger partial charge in [0.2, 0.25) is 5.82 Å². The van der Waals surface area contributed by atoms with Gasteiger partial charge < -0.3 is 4.42 Å². The Kier molecular flexibility index (Phi) is 2.89. The number of hydrogen-bond acceptors (Lipinski definition) is 5. The summed E-state index contributed by atoms with van der Waals surface area (Å²) in [5.41, 5.74) is 1.74. The first-order valence-corrected chi connectivity index (χ1v) is 7.67. The number of furan rings is 1. The summed E-state index contributed by atoms with van der Waals surface area (Å²) in [5, 5.41) is 6.39. The van der Waals surface area contributed by atoms with E-state index >= 15 is 0 Å². The van der Waals surface area contributed by atoms with Crippen molar-refractivity contribution in [3.05, 3.63) is 42.7 Å². The van der Waals surface area contributed by atoms with Gasteiger partial charge in [-0.05, 0) is 30.0 Å². The van der Waals surface area contributed by atoms with Gasteiger partial charge in [-0.15, -0.1) is 5.10 Å². The second kappa shape index (κ2) is 4.89. The Hall–Kier alpha value is -2.34. The fraction of sp³-hybridized carbons (Fsp3) is 0.133. The van der Waals surface area contributed by atoms with Crippen LogP contribution in [0.15, 0.2) is 52.2 Å². The third-order valence-electron chi connectivity index (χ3n) is 3.16. The van der Waals surface area contributed by atoms with Crippen LogP contribution in [0.4, 0.5) is 0 Å². The van der Waals surface area contributed by atoms with E-state index < -0.39 is 0 Å². The fourth-order valence-corrected chi connectivity index (χ4v) is 2.93. The number of thioether (sulfide) groups is 1. The van der Waals surface area contributed by atoms with E-state index in [9.17, 15) is 0 Å². The highest BCUT2D eigenvalue weighted by atomic mass is 32.2. The Morgan fingerprint density at radius 2 is 2.05 bits per heavy atom. The predicted octanol–water partition coefficient (Wildman–Crippen LogP) is 3.65. The zero-order valence-electron chi connectivity index (χ0n) is 11.4. The SMILES string of the molecule is CCSc1nc2ccccc2c2nc(-c3ccco3)nn12. The minimum absolute atomic E-state index is 0.580. The minimum Gasteiger partial charge on any atom is -0.461 e. The zero-order valence-corrected chi connectivity index (χ0v) is 12.2. The van der Waals surface area contributed by atoms with Gasteiger partial charge >= 0.3 is 0 Å². The molecular weight excluding hydrogens is 284 g/mol. The maximum absolute atomic E-state index is 5.40. The summed E-state index contributed by atoms with van der Waals surface area (Å²) >= 11 is 1.65. The smallest absolute Gasteiger partial charge is 0.218 e. The van der Waals surface area contributed by atoms with Gasteiger partial charge in [0.15, 0.2) is 16.6 Å². The summed E-state index contributed by atoms with van der Waals surface area (Å²) in [4.78, 5) is 9.31. The zero-order chi connectivity index (χ0) is 14.2. The molecule has 104 valence electrons. The van der Waals surface area contributed by atoms with Crippen LogP contribution in [0.3, 0.4) is 0 Å². The molecule has 0 spiro atoms. The van der Waals surface area contributed by atoms with E-state index in [0.29, 0.717) is 11.6 Å². The molecule has 0 N–H and O–H groups in total. The number of aromatic nitrogens is 4. The third-order valence-corrected chi connectivity index (χ3v) is 3.98. The second-order valence-electron chi connectivity index (χ2n) is 4.49. The van der Waals surface area contributed by atoms with Crippen molar-refractivity contribution in [1.82, 2.24) is 19.6 Å². The number of nitrogens with zero attached hydrogens (tertiary/aromatic N) is 4. The van der Waals surface area contributed by atoms with Crippen molar-refractivity contribution in [3.8, 4) is 11.6 Å². The van der Waals surface area contributed by atoms with E-state index in [-0.39, 0.29) is 0 Å². The molecular formula is C15H12N4OS. The van der Waals surface area contributed by atoms with Crippen LogP contribution in [0.5, 0.6) is 0 Å². The van der Waals surface area contributed by atoms with Gasteiger partial charge in [0.05, 0.1) is 11.8 Å². The lowest BCUT2D eigenvalue weighted by Crippen LogP contribution is -1.98. The van der Waals surface area contributed by atoms with Crippen LogP contribution in [0.2, 0.25) is 0 Å². The topological polar surface area (TPSA) is 56.2 Å². The van der Waals surface area contributed by atoms with Crippen molar-refractivity contribution in [2.75, 3.05) is 5.75 Å². The van der Waals surface area contributed by atoms with Crippen LogP contribution in [0.1, 0.15) is 6.92 Å². The van der Waals surface area contributed by atoms with Crippen LogP contribution in [-0.2, 0) is 0 Å². The molecule has 0 saturated carbocycles. The second-order valence-corrected chi connectivity index (χ2v) is 5.72. The van der Waals surface area contributed by atoms with Crippen LogP contribution < -0.4 is 0 Å². The lowest BCUT2D eigenvalue weighted by Gasteiger charge is -2.04. The Balaban J connectivity index is 2.06. The summed E-state index contributed by atoms with van der Waals surface area (Å²) < 4.78 is 7.20. The number of fused-ring (bicyclic) bond motifs is 3. The normalized spacial score (nSPS) is 11.5. The Bertz CT molecular complexity index is 914. The van der Waals surface area contributed by atoms with Crippen molar-refractivity contribution in [1.29, 1.82) is 0 Å². The van der Waals surface area contributed by atoms with Gasteiger partial charge in [0, 0.05) is 5.39 Å². The summed E-state index contributed by atoms with van der Waals surface area (Å²) in [6.45, 7) is 2.09. The molecule has 0 aliphatic carbocycles. The average molecular weight is 296 g/mol. The molecule has 3 aromatic heterocycles. The molecule has 0 aliphatic rings. The van der Waals surface area contributed by atoms with E-state index in [1.165, 1.54) is 0 Å². The maximum Gasteiger partial charge on any atom is 0.218 e. The maximum atomic E-state index is 5.40. The monoisotopic (exact) mass is 296 g/mol. The first-order chi connectivity index (χ1) is 10.4. The summed E-state index contributed by atoms with van der Waals surface area (Å²) in [6.07, 6.45) is 1.62. The van der Waals surface area contributed by atoms with Gasteiger partial charge in [-0.3, -0.25) is 0 Å². The molecule has 3 heterocycles. The number of para-hydroxylation sites is 1. The summed E-state index contributed by atoms with van der Waals surface area (Å²) in [6, 6.07) is 11.7. The van der Waals surface area contributed by atoms with Gasteiger partial charge in [0.25, 0.3) is 0 Å². The number of hydrogen-bond donors (Lipinski definition) is 0. The molecule has 5 nitrogen and oxygen atoms in total. The van der Waals surface area contributed by atoms with Crippen molar-refractivity contribution >= 4 is 28.3 Å². The van der Waals surface area contributed by atoms with E-state index in [0.717, 1.165) is 27.5 Å². The highest BCUT2D eigenvalue weighted by Gasteiger charge is 2.15. The van der Waals surface area contributed by atoms with E-state index in [2.05, 4.69) is 22.0 Å². The molecule has 4 aromatic rings. The highest BCUT2D eigenvalue weighted by Crippen LogP contribution is 2.26. The molecule has 0 saturated heterocycles. The van der Waals surface area contributed by atoms with Gasteiger partial charge in [-0.2, -0.15) is 4.52 Å². The molecule has 0 radical (unpaired) electrons. The number of rotatable bonds is 3. The molecule has 4 rings (SSSR count).